The van der Waals surface area contributed by atoms with Crippen LogP contribution >= 0.6 is 7.82 Å². The Kier molecular flexibility index (Phi) is 44.0. The van der Waals surface area contributed by atoms with Gasteiger partial charge in [0.15, 0.2) is 6.10 Å². The number of likely N-dealkylation sites (N-methyl/N-ethyl adjacent to an activating group) is 1. The van der Waals surface area contributed by atoms with E-state index in [1.807, 2.05) is 21.1 Å². The first kappa shape index (κ1) is 60.8. The van der Waals surface area contributed by atoms with Crippen LogP contribution in [0.15, 0.2) is 12.2 Å². The largest absolute Gasteiger partial charge is 0.756 e. The number of allylic oxidation sites excluding steroid dienone is 2. The van der Waals surface area contributed by atoms with Gasteiger partial charge in [-0.15, -0.1) is 0 Å². The number of esters is 2. The maximum Gasteiger partial charge on any atom is 0.306 e. The summed E-state index contributed by atoms with van der Waals surface area (Å²) in [6.45, 7) is 4.24. The minimum atomic E-state index is -4.62. The number of carbonyl (C=O) groups is 2. The van der Waals surface area contributed by atoms with Gasteiger partial charge in [-0.2, -0.15) is 0 Å². The third kappa shape index (κ3) is 48.2. The standard InChI is InChI=1S/C52H102NO8P/c1-6-8-10-12-14-16-17-18-19-20-21-22-23-24-25-26-27-28-29-30-31-32-33-34-35-37-39-41-43-45-52(55)61-50(49-60-62(56,57)59-47-46-53(3,4)5)48-58-51(54)44-42-40-38-36-15-13-11-9-7-2/h20-21,50H,6-19,22-49H2,1-5H3/b21-20-. The molecule has 0 rings (SSSR count). The Labute approximate surface area is 384 Å². The Hall–Kier alpha value is -1.25. The predicted octanol–water partition coefficient (Wildman–Crippen LogP) is 15.1. The molecule has 9 nitrogen and oxygen atoms in total. The smallest absolute Gasteiger partial charge is 0.306 e. The van der Waals surface area contributed by atoms with Crippen LogP contribution in [0.2, 0.25) is 0 Å². The van der Waals surface area contributed by atoms with Crippen molar-refractivity contribution in [3.8, 4) is 0 Å². The molecule has 0 amide bonds. The van der Waals surface area contributed by atoms with E-state index in [0.717, 1.165) is 32.1 Å². The Bertz CT molecular complexity index is 1060. The summed E-state index contributed by atoms with van der Waals surface area (Å²) in [6.07, 6.45) is 49.9. The quantitative estimate of drug-likeness (QED) is 0.0195. The van der Waals surface area contributed by atoms with E-state index in [9.17, 15) is 19.0 Å². The van der Waals surface area contributed by atoms with Gasteiger partial charge in [0.1, 0.15) is 19.8 Å². The van der Waals surface area contributed by atoms with Crippen LogP contribution in [0.5, 0.6) is 0 Å². The number of nitrogens with zero attached hydrogens (tertiary/aromatic N) is 1. The molecule has 2 unspecified atom stereocenters. The summed E-state index contributed by atoms with van der Waals surface area (Å²) in [7, 11) is 1.18. The molecule has 0 radical (unpaired) electrons. The summed E-state index contributed by atoms with van der Waals surface area (Å²) in [5.41, 5.74) is 0. The zero-order valence-electron chi connectivity index (χ0n) is 41.6. The number of phosphoric ester groups is 1. The van der Waals surface area contributed by atoms with Gasteiger partial charge >= 0.3 is 11.9 Å². The van der Waals surface area contributed by atoms with Crippen LogP contribution in [-0.4, -0.2) is 70.0 Å². The van der Waals surface area contributed by atoms with Gasteiger partial charge < -0.3 is 27.9 Å². The molecule has 0 aliphatic rings. The molecule has 2 atom stereocenters. The molecule has 0 aromatic rings. The summed E-state index contributed by atoms with van der Waals surface area (Å²) < 4.78 is 33.9. The third-order valence-corrected chi connectivity index (χ3v) is 12.7. The van der Waals surface area contributed by atoms with Crippen molar-refractivity contribution in [1.82, 2.24) is 0 Å². The van der Waals surface area contributed by atoms with Crippen LogP contribution in [0.3, 0.4) is 0 Å². The number of unbranched alkanes of at least 4 members (excludes halogenated alkanes) is 33. The van der Waals surface area contributed by atoms with Crippen LogP contribution in [0, 0.1) is 0 Å². The predicted molar refractivity (Wildman–Crippen MR) is 259 cm³/mol. The van der Waals surface area contributed by atoms with Crippen molar-refractivity contribution in [1.29, 1.82) is 0 Å². The monoisotopic (exact) mass is 900 g/mol. The fourth-order valence-electron chi connectivity index (χ4n) is 7.65. The molecule has 0 fully saturated rings. The van der Waals surface area contributed by atoms with E-state index in [4.69, 9.17) is 18.5 Å². The van der Waals surface area contributed by atoms with E-state index in [0.29, 0.717) is 17.4 Å². The van der Waals surface area contributed by atoms with Crippen molar-refractivity contribution in [2.45, 2.75) is 264 Å². The van der Waals surface area contributed by atoms with Crippen LogP contribution in [-0.2, 0) is 32.7 Å². The molecule has 0 heterocycles. The second-order valence-electron chi connectivity index (χ2n) is 19.2. The number of carbonyl (C=O) groups excluding carboxylic acids is 2. The first-order valence-corrected chi connectivity index (χ1v) is 27.9. The van der Waals surface area contributed by atoms with Crippen molar-refractivity contribution in [3.63, 3.8) is 0 Å². The van der Waals surface area contributed by atoms with E-state index in [1.54, 1.807) is 0 Å². The maximum absolute atomic E-state index is 12.7. The van der Waals surface area contributed by atoms with Crippen LogP contribution in [0.1, 0.15) is 258 Å². The highest BCUT2D eigenvalue weighted by Gasteiger charge is 2.21. The van der Waals surface area contributed by atoms with Crippen LogP contribution < -0.4 is 4.89 Å². The fourth-order valence-corrected chi connectivity index (χ4v) is 8.38. The van der Waals surface area contributed by atoms with Crippen LogP contribution in [0.25, 0.3) is 0 Å². The maximum atomic E-state index is 12.7. The van der Waals surface area contributed by atoms with Crippen molar-refractivity contribution < 1.29 is 42.1 Å². The molecule has 0 aromatic heterocycles. The van der Waals surface area contributed by atoms with Gasteiger partial charge in [-0.3, -0.25) is 14.2 Å². The molecule has 0 bridgehead atoms. The molecule has 0 aromatic carbocycles. The number of hydrogen-bond acceptors (Lipinski definition) is 8. The molecule has 0 saturated carbocycles. The van der Waals surface area contributed by atoms with Crippen molar-refractivity contribution >= 4 is 19.8 Å². The minimum Gasteiger partial charge on any atom is -0.756 e. The molecule has 0 aliphatic carbocycles. The summed E-state index contributed by atoms with van der Waals surface area (Å²) in [4.78, 5) is 37.5. The number of quaternary nitrogens is 1. The molecule has 10 heteroatoms. The van der Waals surface area contributed by atoms with Gasteiger partial charge in [-0.05, 0) is 38.5 Å². The number of phosphoric acid groups is 1. The van der Waals surface area contributed by atoms with Crippen molar-refractivity contribution in [2.75, 3.05) is 47.5 Å². The lowest BCUT2D eigenvalue weighted by Crippen LogP contribution is -2.37. The zero-order valence-corrected chi connectivity index (χ0v) is 42.5. The number of ether oxygens (including phenoxy) is 2. The molecule has 62 heavy (non-hydrogen) atoms. The summed E-state index contributed by atoms with van der Waals surface area (Å²) in [5.74, 6) is -0.823. The molecule has 368 valence electrons. The molecular weight excluding hydrogens is 798 g/mol. The zero-order chi connectivity index (χ0) is 45.7. The normalized spacial score (nSPS) is 13.5. The molecular formula is C52H102NO8P. The van der Waals surface area contributed by atoms with Gasteiger partial charge in [-0.25, -0.2) is 0 Å². The highest BCUT2D eigenvalue weighted by atomic mass is 31.2. The Balaban J connectivity index is 3.99. The van der Waals surface area contributed by atoms with E-state index < -0.39 is 26.5 Å². The van der Waals surface area contributed by atoms with E-state index in [-0.39, 0.29) is 32.0 Å². The topological polar surface area (TPSA) is 111 Å². The highest BCUT2D eigenvalue weighted by molar-refractivity contribution is 7.45. The van der Waals surface area contributed by atoms with Gasteiger partial charge in [0.05, 0.1) is 27.7 Å². The van der Waals surface area contributed by atoms with Gasteiger partial charge in [-0.1, -0.05) is 219 Å². The second-order valence-corrected chi connectivity index (χ2v) is 20.7. The van der Waals surface area contributed by atoms with Gasteiger partial charge in [0, 0.05) is 12.8 Å². The lowest BCUT2D eigenvalue weighted by atomic mass is 10.0. The summed E-state index contributed by atoms with van der Waals surface area (Å²) >= 11 is 0. The molecule has 0 spiro atoms. The van der Waals surface area contributed by atoms with Gasteiger partial charge in [0.2, 0.25) is 0 Å². The average Bonchev–Trinajstić information content (AvgIpc) is 3.23. The SMILES string of the molecule is CCCCCCCCCC/C=C\CCCCCCCCCCCCCCCCCCCC(=O)OC(COC(=O)CCCCCCCCCCC)COP(=O)([O-])OCC[N+](C)(C)C. The van der Waals surface area contributed by atoms with Gasteiger partial charge in [0.25, 0.3) is 7.82 Å². The Morgan fingerprint density at radius 3 is 1.19 bits per heavy atom. The molecule has 0 N–H and O–H groups in total. The second kappa shape index (κ2) is 44.9. The molecule has 0 aliphatic heterocycles. The Morgan fingerprint density at radius 1 is 0.484 bits per heavy atom. The van der Waals surface area contributed by atoms with Crippen LogP contribution in [0.4, 0.5) is 0 Å². The number of rotatable bonds is 49. The summed E-state index contributed by atoms with van der Waals surface area (Å²) in [6, 6.07) is 0. The Morgan fingerprint density at radius 2 is 0.823 bits per heavy atom. The lowest BCUT2D eigenvalue weighted by molar-refractivity contribution is -0.870. The van der Waals surface area contributed by atoms with Crippen molar-refractivity contribution in [3.05, 3.63) is 12.2 Å². The first-order chi connectivity index (χ1) is 30.0. The first-order valence-electron chi connectivity index (χ1n) is 26.4. The number of hydrogen-bond donors (Lipinski definition) is 0. The van der Waals surface area contributed by atoms with E-state index >= 15 is 0 Å². The summed E-state index contributed by atoms with van der Waals surface area (Å²) in [5, 5.41) is 0. The van der Waals surface area contributed by atoms with Crippen molar-refractivity contribution in [2.24, 2.45) is 0 Å². The van der Waals surface area contributed by atoms with E-state index in [1.165, 1.54) is 193 Å². The lowest BCUT2D eigenvalue weighted by Gasteiger charge is -2.28. The third-order valence-electron chi connectivity index (χ3n) is 11.8. The highest BCUT2D eigenvalue weighted by Crippen LogP contribution is 2.38. The average molecular weight is 900 g/mol. The molecule has 0 saturated heterocycles. The van der Waals surface area contributed by atoms with E-state index in [2.05, 4.69) is 26.0 Å². The fraction of sp³-hybridized carbons (Fsp3) is 0.923. The minimum absolute atomic E-state index is 0.0269.